The van der Waals surface area contributed by atoms with E-state index in [2.05, 4.69) is 41.7 Å². The maximum absolute atomic E-state index is 6.54. The fourth-order valence-corrected chi connectivity index (χ4v) is 3.10. The average Bonchev–Trinajstić information content (AvgIpc) is 2.69. The van der Waals surface area contributed by atoms with Crippen molar-refractivity contribution in [2.45, 2.75) is 25.0 Å². The van der Waals surface area contributed by atoms with Crippen LogP contribution < -0.4 is 15.8 Å². The molecule has 0 aromatic heterocycles. The Morgan fingerprint density at radius 3 is 2.67 bits per heavy atom. The average molecular weight is 282 g/mol. The Morgan fingerprint density at radius 1 is 1.14 bits per heavy atom. The van der Waals surface area contributed by atoms with E-state index >= 15 is 0 Å². The van der Waals surface area contributed by atoms with Crippen LogP contribution in [-0.2, 0) is 6.61 Å². The molecule has 2 aromatic carbocycles. The largest absolute Gasteiger partial charge is 0.489 e. The monoisotopic (exact) mass is 282 g/mol. The van der Waals surface area contributed by atoms with Gasteiger partial charge in [-0.1, -0.05) is 42.5 Å². The van der Waals surface area contributed by atoms with Gasteiger partial charge in [-0.15, -0.1) is 0 Å². The summed E-state index contributed by atoms with van der Waals surface area (Å²) in [5.74, 6) is 1.15. The first-order valence-corrected chi connectivity index (χ1v) is 7.51. The van der Waals surface area contributed by atoms with Crippen LogP contribution in [0.3, 0.4) is 0 Å². The van der Waals surface area contributed by atoms with Crippen molar-refractivity contribution < 1.29 is 4.74 Å². The molecule has 1 heterocycles. The second-order valence-electron chi connectivity index (χ2n) is 5.56. The van der Waals surface area contributed by atoms with E-state index in [1.807, 2.05) is 19.2 Å². The molecule has 1 aliphatic rings. The quantitative estimate of drug-likeness (QED) is 0.906. The third-order valence-electron chi connectivity index (χ3n) is 4.18. The Morgan fingerprint density at radius 2 is 1.86 bits per heavy atom. The molecule has 3 nitrogen and oxygen atoms in total. The van der Waals surface area contributed by atoms with E-state index in [9.17, 15) is 0 Å². The molecule has 0 fully saturated rings. The molecule has 2 aromatic rings. The van der Waals surface area contributed by atoms with Crippen molar-refractivity contribution in [1.29, 1.82) is 0 Å². The van der Waals surface area contributed by atoms with Gasteiger partial charge in [0.2, 0.25) is 0 Å². The molecule has 0 aliphatic carbocycles. The van der Waals surface area contributed by atoms with Crippen molar-refractivity contribution in [2.75, 3.05) is 13.6 Å². The minimum absolute atomic E-state index is 0.0708. The smallest absolute Gasteiger partial charge is 0.123 e. The zero-order valence-corrected chi connectivity index (χ0v) is 12.4. The van der Waals surface area contributed by atoms with E-state index in [-0.39, 0.29) is 12.0 Å². The maximum atomic E-state index is 6.54. The van der Waals surface area contributed by atoms with E-state index in [4.69, 9.17) is 10.5 Å². The molecule has 0 saturated carbocycles. The third kappa shape index (κ3) is 2.80. The van der Waals surface area contributed by atoms with Crippen LogP contribution in [-0.4, -0.2) is 19.6 Å². The Balaban J connectivity index is 2.06. The lowest BCUT2D eigenvalue weighted by atomic mass is 9.82. The molecule has 2 unspecified atom stereocenters. The van der Waals surface area contributed by atoms with Crippen LogP contribution in [0.25, 0.3) is 0 Å². The first-order chi connectivity index (χ1) is 10.3. The van der Waals surface area contributed by atoms with E-state index in [1.54, 1.807) is 0 Å². The number of hydrogen-bond donors (Lipinski definition) is 2. The minimum atomic E-state index is 0.0708. The van der Waals surface area contributed by atoms with Crippen LogP contribution in [0.4, 0.5) is 0 Å². The lowest BCUT2D eigenvalue weighted by molar-refractivity contribution is 0.306. The van der Waals surface area contributed by atoms with Gasteiger partial charge in [0.25, 0.3) is 0 Å². The van der Waals surface area contributed by atoms with Crippen molar-refractivity contribution in [1.82, 2.24) is 5.32 Å². The number of rotatable bonds is 4. The first kappa shape index (κ1) is 14.1. The van der Waals surface area contributed by atoms with Crippen molar-refractivity contribution in [2.24, 2.45) is 5.73 Å². The lowest BCUT2D eigenvalue weighted by Gasteiger charge is -2.25. The van der Waals surface area contributed by atoms with E-state index in [0.29, 0.717) is 6.61 Å². The van der Waals surface area contributed by atoms with Gasteiger partial charge in [-0.05, 0) is 37.2 Å². The van der Waals surface area contributed by atoms with Crippen LogP contribution in [0.1, 0.15) is 29.0 Å². The van der Waals surface area contributed by atoms with Crippen LogP contribution >= 0.6 is 0 Å². The maximum Gasteiger partial charge on any atom is 0.123 e. The normalized spacial score (nSPS) is 18.1. The lowest BCUT2D eigenvalue weighted by Crippen LogP contribution is -2.32. The van der Waals surface area contributed by atoms with Crippen molar-refractivity contribution in [3.63, 3.8) is 0 Å². The van der Waals surface area contributed by atoms with Crippen LogP contribution in [0.2, 0.25) is 0 Å². The summed E-state index contributed by atoms with van der Waals surface area (Å²) in [6.45, 7) is 1.53. The Bertz CT molecular complexity index is 564. The molecule has 0 spiro atoms. The van der Waals surface area contributed by atoms with Crippen LogP contribution in [0, 0.1) is 0 Å². The second kappa shape index (κ2) is 6.29. The SMILES string of the molecule is CNCCC(N)C1c2ccccc2COc2ccccc21. The molecule has 0 radical (unpaired) electrons. The Kier molecular flexibility index (Phi) is 4.23. The topological polar surface area (TPSA) is 47.3 Å². The predicted molar refractivity (Wildman–Crippen MR) is 85.6 cm³/mol. The fourth-order valence-electron chi connectivity index (χ4n) is 3.10. The number of fused-ring (bicyclic) bond motifs is 2. The molecule has 3 heteroatoms. The number of ether oxygens (including phenoxy) is 1. The molecule has 0 bridgehead atoms. The van der Waals surface area contributed by atoms with Crippen molar-refractivity contribution in [3.05, 3.63) is 65.2 Å². The summed E-state index contributed by atoms with van der Waals surface area (Å²) in [6, 6.07) is 16.8. The number of hydrogen-bond acceptors (Lipinski definition) is 3. The fraction of sp³-hybridized carbons (Fsp3) is 0.333. The minimum Gasteiger partial charge on any atom is -0.489 e. The molecule has 21 heavy (non-hydrogen) atoms. The molecule has 1 aliphatic heterocycles. The first-order valence-electron chi connectivity index (χ1n) is 7.51. The van der Waals surface area contributed by atoms with Crippen LogP contribution in [0.5, 0.6) is 5.75 Å². The van der Waals surface area contributed by atoms with Gasteiger partial charge in [0.1, 0.15) is 12.4 Å². The van der Waals surface area contributed by atoms with Gasteiger partial charge in [-0.2, -0.15) is 0 Å². The molecule has 0 saturated heterocycles. The van der Waals surface area contributed by atoms with Gasteiger partial charge >= 0.3 is 0 Å². The number of nitrogens with two attached hydrogens (primary N) is 1. The third-order valence-corrected chi connectivity index (χ3v) is 4.18. The van der Waals surface area contributed by atoms with Gasteiger partial charge < -0.3 is 15.8 Å². The second-order valence-corrected chi connectivity index (χ2v) is 5.56. The van der Waals surface area contributed by atoms with Crippen molar-refractivity contribution >= 4 is 0 Å². The summed E-state index contributed by atoms with van der Waals surface area (Å²) >= 11 is 0. The van der Waals surface area contributed by atoms with Gasteiger partial charge in [0.15, 0.2) is 0 Å². The van der Waals surface area contributed by atoms with E-state index < -0.39 is 0 Å². The van der Waals surface area contributed by atoms with Gasteiger partial charge in [-0.3, -0.25) is 0 Å². The number of para-hydroxylation sites is 1. The molecular weight excluding hydrogens is 260 g/mol. The molecular formula is C18H22N2O. The summed E-state index contributed by atoms with van der Waals surface area (Å²) in [5.41, 5.74) is 10.3. The highest BCUT2D eigenvalue weighted by Crippen LogP contribution is 2.39. The highest BCUT2D eigenvalue weighted by atomic mass is 16.5. The summed E-state index contributed by atoms with van der Waals surface area (Å²) < 4.78 is 5.99. The van der Waals surface area contributed by atoms with E-state index in [0.717, 1.165) is 18.7 Å². The van der Waals surface area contributed by atoms with E-state index in [1.165, 1.54) is 16.7 Å². The van der Waals surface area contributed by atoms with Crippen LogP contribution in [0.15, 0.2) is 48.5 Å². The van der Waals surface area contributed by atoms with Gasteiger partial charge in [-0.25, -0.2) is 0 Å². The summed E-state index contributed by atoms with van der Waals surface area (Å²) in [6.07, 6.45) is 0.934. The highest BCUT2D eigenvalue weighted by molar-refractivity contribution is 5.47. The Labute approximate surface area is 126 Å². The molecule has 0 amide bonds. The summed E-state index contributed by atoms with van der Waals surface area (Å²) in [5, 5.41) is 3.19. The molecule has 2 atom stereocenters. The predicted octanol–water partition coefficient (Wildman–Crippen LogP) is 2.65. The zero-order valence-electron chi connectivity index (χ0n) is 12.4. The summed E-state index contributed by atoms with van der Waals surface area (Å²) in [7, 11) is 1.96. The molecule has 3 N–H and O–H groups in total. The van der Waals surface area contributed by atoms with Gasteiger partial charge in [0.05, 0.1) is 0 Å². The molecule has 110 valence electrons. The number of nitrogens with one attached hydrogen (secondary N) is 1. The van der Waals surface area contributed by atoms with Gasteiger partial charge in [0, 0.05) is 17.5 Å². The standard InChI is InChI=1S/C18H22N2O/c1-20-11-10-16(19)18-14-7-3-2-6-13(14)12-21-17-9-5-4-8-15(17)18/h2-9,16,18,20H,10-12,19H2,1H3. The zero-order chi connectivity index (χ0) is 14.7. The molecule has 3 rings (SSSR count). The number of benzene rings is 2. The summed E-state index contributed by atoms with van der Waals surface area (Å²) in [4.78, 5) is 0. The highest BCUT2D eigenvalue weighted by Gasteiger charge is 2.28. The Hall–Kier alpha value is -1.84. The van der Waals surface area contributed by atoms with Crippen molar-refractivity contribution in [3.8, 4) is 5.75 Å².